The van der Waals surface area contributed by atoms with Crippen molar-refractivity contribution in [1.29, 1.82) is 5.26 Å². The maximum Gasteiger partial charge on any atom is 0.268 e. The van der Waals surface area contributed by atoms with Gasteiger partial charge in [-0.15, -0.1) is 0 Å². The molecule has 6 heteroatoms. The molecule has 4 nitrogen and oxygen atoms in total. The van der Waals surface area contributed by atoms with Gasteiger partial charge in [0.15, 0.2) is 5.13 Å². The first kappa shape index (κ1) is 14.9. The van der Waals surface area contributed by atoms with E-state index >= 15 is 0 Å². The first-order chi connectivity index (χ1) is 11.2. The summed E-state index contributed by atoms with van der Waals surface area (Å²) in [6.45, 7) is 0. The standard InChI is InChI=1S/C17H10FN3OS/c18-13-6-7-14-15(9-13)23-17(20-14)21-16(22)12(10-19)8-11-4-2-1-3-5-11/h1-9H,(H,20,21,22)/b12-8+. The number of carbonyl (C=O) groups excluding carboxylic acids is 1. The average molecular weight is 323 g/mol. The van der Waals surface area contributed by atoms with Crippen molar-refractivity contribution in [2.24, 2.45) is 0 Å². The number of hydrogen-bond acceptors (Lipinski definition) is 4. The number of carbonyl (C=O) groups is 1. The Labute approximate surface area is 135 Å². The van der Waals surface area contributed by atoms with Crippen LogP contribution >= 0.6 is 11.3 Å². The molecule has 0 spiro atoms. The zero-order valence-electron chi connectivity index (χ0n) is 11.8. The van der Waals surface area contributed by atoms with Crippen LogP contribution in [0.5, 0.6) is 0 Å². The summed E-state index contributed by atoms with van der Waals surface area (Å²) in [5.74, 6) is -0.906. The van der Waals surface area contributed by atoms with E-state index in [1.807, 2.05) is 24.3 Å². The van der Waals surface area contributed by atoms with Crippen LogP contribution in [-0.2, 0) is 4.79 Å². The fourth-order valence-electron chi connectivity index (χ4n) is 1.98. The second-order valence-corrected chi connectivity index (χ2v) is 5.70. The van der Waals surface area contributed by atoms with Gasteiger partial charge in [0.25, 0.3) is 5.91 Å². The first-order valence-corrected chi connectivity index (χ1v) is 7.51. The predicted molar refractivity (Wildman–Crippen MR) is 88.2 cm³/mol. The van der Waals surface area contributed by atoms with E-state index in [1.54, 1.807) is 18.2 Å². The van der Waals surface area contributed by atoms with Crippen LogP contribution in [0.2, 0.25) is 0 Å². The predicted octanol–water partition coefficient (Wildman–Crippen LogP) is 3.98. The lowest BCUT2D eigenvalue weighted by Gasteiger charge is -1.99. The molecule has 1 heterocycles. The number of benzene rings is 2. The highest BCUT2D eigenvalue weighted by atomic mass is 32.1. The summed E-state index contributed by atoms with van der Waals surface area (Å²) in [5, 5.41) is 12.1. The molecule has 0 radical (unpaired) electrons. The van der Waals surface area contributed by atoms with Crippen LogP contribution in [0.25, 0.3) is 16.3 Å². The summed E-state index contributed by atoms with van der Waals surface area (Å²) in [6, 6.07) is 15.2. The number of thiazole rings is 1. The largest absolute Gasteiger partial charge is 0.297 e. The van der Waals surface area contributed by atoms with E-state index < -0.39 is 5.91 Å². The van der Waals surface area contributed by atoms with Gasteiger partial charge >= 0.3 is 0 Å². The first-order valence-electron chi connectivity index (χ1n) is 6.70. The van der Waals surface area contributed by atoms with Gasteiger partial charge in [-0.1, -0.05) is 41.7 Å². The molecule has 1 N–H and O–H groups in total. The summed E-state index contributed by atoms with van der Waals surface area (Å²) in [7, 11) is 0. The van der Waals surface area contributed by atoms with Crippen LogP contribution in [0, 0.1) is 17.1 Å². The van der Waals surface area contributed by atoms with Gasteiger partial charge in [-0.2, -0.15) is 5.26 Å². The van der Waals surface area contributed by atoms with E-state index in [2.05, 4.69) is 10.3 Å². The normalized spacial score (nSPS) is 11.2. The molecule has 0 bridgehead atoms. The summed E-state index contributed by atoms with van der Waals surface area (Å²) >= 11 is 1.15. The molecule has 1 aromatic heterocycles. The lowest BCUT2D eigenvalue weighted by Crippen LogP contribution is -2.13. The number of anilines is 1. The Bertz CT molecular complexity index is 941. The van der Waals surface area contributed by atoms with Crippen molar-refractivity contribution in [3.05, 3.63) is 65.5 Å². The number of halogens is 1. The van der Waals surface area contributed by atoms with Crippen LogP contribution < -0.4 is 5.32 Å². The van der Waals surface area contributed by atoms with E-state index in [-0.39, 0.29) is 11.4 Å². The Balaban J connectivity index is 1.84. The third-order valence-electron chi connectivity index (χ3n) is 3.05. The Morgan fingerprint density at radius 3 is 2.78 bits per heavy atom. The number of rotatable bonds is 3. The molecule has 0 atom stereocenters. The molecular formula is C17H10FN3OS. The van der Waals surface area contributed by atoms with Crippen molar-refractivity contribution in [3.63, 3.8) is 0 Å². The molecule has 23 heavy (non-hydrogen) atoms. The molecule has 0 aliphatic carbocycles. The second-order valence-electron chi connectivity index (χ2n) is 4.67. The molecule has 1 amide bonds. The molecule has 112 valence electrons. The lowest BCUT2D eigenvalue weighted by molar-refractivity contribution is -0.112. The maximum atomic E-state index is 13.2. The number of fused-ring (bicyclic) bond motifs is 1. The van der Waals surface area contributed by atoms with Gasteiger partial charge in [-0.3, -0.25) is 10.1 Å². The van der Waals surface area contributed by atoms with Gasteiger partial charge in [0.2, 0.25) is 0 Å². The Kier molecular flexibility index (Phi) is 4.13. The fraction of sp³-hybridized carbons (Fsp3) is 0. The molecule has 0 fully saturated rings. The second kappa shape index (κ2) is 6.38. The van der Waals surface area contributed by atoms with Crippen LogP contribution in [0.15, 0.2) is 54.1 Å². The minimum absolute atomic E-state index is 0.0263. The Hall–Kier alpha value is -3.04. The van der Waals surface area contributed by atoms with Crippen LogP contribution in [0.3, 0.4) is 0 Å². The fourth-order valence-corrected chi connectivity index (χ4v) is 2.87. The van der Waals surface area contributed by atoms with Crippen molar-refractivity contribution in [2.45, 2.75) is 0 Å². The third-order valence-corrected chi connectivity index (χ3v) is 3.98. The topological polar surface area (TPSA) is 65.8 Å². The van der Waals surface area contributed by atoms with E-state index in [0.717, 1.165) is 16.9 Å². The van der Waals surface area contributed by atoms with Crippen molar-refractivity contribution in [3.8, 4) is 6.07 Å². The molecule has 0 unspecified atom stereocenters. The zero-order valence-corrected chi connectivity index (χ0v) is 12.6. The number of nitrogens with one attached hydrogen (secondary N) is 1. The van der Waals surface area contributed by atoms with E-state index in [1.165, 1.54) is 18.2 Å². The minimum Gasteiger partial charge on any atom is -0.297 e. The van der Waals surface area contributed by atoms with Gasteiger partial charge < -0.3 is 0 Å². The summed E-state index contributed by atoms with van der Waals surface area (Å²) in [6.07, 6.45) is 1.50. The summed E-state index contributed by atoms with van der Waals surface area (Å²) in [5.41, 5.74) is 1.32. The number of nitriles is 1. The Morgan fingerprint density at radius 2 is 2.04 bits per heavy atom. The average Bonchev–Trinajstić information content (AvgIpc) is 2.94. The van der Waals surface area contributed by atoms with E-state index in [9.17, 15) is 9.18 Å². The van der Waals surface area contributed by atoms with Gasteiger partial charge in [-0.25, -0.2) is 9.37 Å². The van der Waals surface area contributed by atoms with Gasteiger partial charge in [0, 0.05) is 0 Å². The van der Waals surface area contributed by atoms with Gasteiger partial charge in [0.1, 0.15) is 17.5 Å². The summed E-state index contributed by atoms with van der Waals surface area (Å²) < 4.78 is 13.8. The SMILES string of the molecule is N#C/C(=C\c1ccccc1)C(=O)Nc1nc2ccc(F)cc2s1. The van der Waals surface area contributed by atoms with Gasteiger partial charge in [0.05, 0.1) is 10.2 Å². The highest BCUT2D eigenvalue weighted by Gasteiger charge is 2.12. The zero-order chi connectivity index (χ0) is 16.2. The third kappa shape index (κ3) is 3.42. The molecule has 0 saturated heterocycles. The number of amides is 1. The van der Waals surface area contributed by atoms with Crippen LogP contribution in [-0.4, -0.2) is 10.9 Å². The maximum absolute atomic E-state index is 13.2. The van der Waals surface area contributed by atoms with Crippen LogP contribution in [0.1, 0.15) is 5.56 Å². The minimum atomic E-state index is -0.545. The molecule has 2 aromatic carbocycles. The highest BCUT2D eigenvalue weighted by molar-refractivity contribution is 7.22. The number of nitrogens with zero attached hydrogens (tertiary/aromatic N) is 2. The van der Waals surface area contributed by atoms with Crippen molar-refractivity contribution in [1.82, 2.24) is 4.98 Å². The van der Waals surface area contributed by atoms with Crippen molar-refractivity contribution < 1.29 is 9.18 Å². The monoisotopic (exact) mass is 323 g/mol. The Morgan fingerprint density at radius 1 is 1.26 bits per heavy atom. The summed E-state index contributed by atoms with van der Waals surface area (Å²) in [4.78, 5) is 16.4. The molecular weight excluding hydrogens is 313 g/mol. The molecule has 3 aromatic rings. The molecule has 3 rings (SSSR count). The van der Waals surface area contributed by atoms with Crippen molar-refractivity contribution in [2.75, 3.05) is 5.32 Å². The van der Waals surface area contributed by atoms with Gasteiger partial charge in [-0.05, 0) is 29.8 Å². The molecule has 0 aliphatic rings. The molecule has 0 aliphatic heterocycles. The van der Waals surface area contributed by atoms with E-state index in [0.29, 0.717) is 15.3 Å². The quantitative estimate of drug-likeness (QED) is 0.585. The number of aromatic nitrogens is 1. The van der Waals surface area contributed by atoms with Crippen LogP contribution in [0.4, 0.5) is 9.52 Å². The smallest absolute Gasteiger partial charge is 0.268 e. The number of hydrogen-bond donors (Lipinski definition) is 1. The molecule has 0 saturated carbocycles. The van der Waals surface area contributed by atoms with E-state index in [4.69, 9.17) is 5.26 Å². The lowest BCUT2D eigenvalue weighted by atomic mass is 10.1. The highest BCUT2D eigenvalue weighted by Crippen LogP contribution is 2.26. The van der Waals surface area contributed by atoms with Crippen molar-refractivity contribution >= 4 is 38.7 Å².